The zero-order chi connectivity index (χ0) is 8.97. The maximum absolute atomic E-state index is 5.61. The summed E-state index contributed by atoms with van der Waals surface area (Å²) in [5, 5.41) is 3.34. The van der Waals surface area contributed by atoms with Gasteiger partial charge in [0.15, 0.2) is 0 Å². The van der Waals surface area contributed by atoms with Gasteiger partial charge in [0.05, 0.1) is 12.7 Å². The number of hydrogen-bond donors (Lipinski definition) is 1. The Labute approximate surface area is 75.1 Å². The van der Waals surface area contributed by atoms with Crippen molar-refractivity contribution in [2.75, 3.05) is 33.8 Å². The van der Waals surface area contributed by atoms with Crippen LogP contribution in [0.4, 0.5) is 0 Å². The number of nitrogens with one attached hydrogen (secondary N) is 1. The maximum atomic E-state index is 5.61. The van der Waals surface area contributed by atoms with Gasteiger partial charge >= 0.3 is 0 Å². The van der Waals surface area contributed by atoms with Crippen LogP contribution in [0, 0.1) is 0 Å². The van der Waals surface area contributed by atoms with Crippen molar-refractivity contribution in [2.45, 2.75) is 25.5 Å². The Morgan fingerprint density at radius 2 is 2.33 bits per heavy atom. The first-order chi connectivity index (χ1) is 5.70. The van der Waals surface area contributed by atoms with Gasteiger partial charge in [-0.3, -0.25) is 0 Å². The van der Waals surface area contributed by atoms with Crippen LogP contribution in [-0.2, 0) is 4.74 Å². The highest BCUT2D eigenvalue weighted by molar-refractivity contribution is 4.72. The first-order valence-corrected chi connectivity index (χ1v) is 4.69. The van der Waals surface area contributed by atoms with Crippen LogP contribution in [0.2, 0.25) is 0 Å². The van der Waals surface area contributed by atoms with E-state index in [0.29, 0.717) is 12.1 Å². The minimum atomic E-state index is 0.413. The zero-order valence-electron chi connectivity index (χ0n) is 8.34. The predicted molar refractivity (Wildman–Crippen MR) is 50.4 cm³/mol. The lowest BCUT2D eigenvalue weighted by molar-refractivity contribution is 0.0112. The summed E-state index contributed by atoms with van der Waals surface area (Å²) in [7, 11) is 4.22. The molecule has 3 heteroatoms. The van der Waals surface area contributed by atoms with Crippen molar-refractivity contribution in [2.24, 2.45) is 0 Å². The van der Waals surface area contributed by atoms with Crippen molar-refractivity contribution in [1.82, 2.24) is 10.2 Å². The van der Waals surface area contributed by atoms with Crippen LogP contribution in [0.25, 0.3) is 0 Å². The summed E-state index contributed by atoms with van der Waals surface area (Å²) in [5.74, 6) is 0. The molecule has 0 amide bonds. The summed E-state index contributed by atoms with van der Waals surface area (Å²) in [6.45, 7) is 5.12. The zero-order valence-corrected chi connectivity index (χ0v) is 8.34. The van der Waals surface area contributed by atoms with E-state index in [4.69, 9.17) is 4.74 Å². The van der Waals surface area contributed by atoms with Crippen molar-refractivity contribution in [1.29, 1.82) is 0 Å². The first kappa shape index (κ1) is 9.96. The fourth-order valence-electron chi connectivity index (χ4n) is 1.36. The topological polar surface area (TPSA) is 24.5 Å². The van der Waals surface area contributed by atoms with Crippen molar-refractivity contribution in [3.05, 3.63) is 0 Å². The molecular formula is C9H20N2O. The fourth-order valence-corrected chi connectivity index (χ4v) is 1.36. The molecule has 0 spiro atoms. The van der Waals surface area contributed by atoms with E-state index in [-0.39, 0.29) is 0 Å². The van der Waals surface area contributed by atoms with Crippen LogP contribution in [0.1, 0.15) is 13.3 Å². The van der Waals surface area contributed by atoms with Crippen molar-refractivity contribution in [3.63, 3.8) is 0 Å². The fraction of sp³-hybridized carbons (Fsp3) is 1.00. The van der Waals surface area contributed by atoms with E-state index in [2.05, 4.69) is 31.2 Å². The van der Waals surface area contributed by atoms with E-state index in [1.807, 2.05) is 0 Å². The lowest BCUT2D eigenvalue weighted by Gasteiger charge is -2.28. The number of hydrogen-bond acceptors (Lipinski definition) is 3. The summed E-state index contributed by atoms with van der Waals surface area (Å²) in [6, 6.07) is 0.606. The quantitative estimate of drug-likeness (QED) is 0.663. The molecule has 0 aromatic heterocycles. The van der Waals surface area contributed by atoms with Crippen LogP contribution >= 0.6 is 0 Å². The largest absolute Gasteiger partial charge is 0.376 e. The summed E-state index contributed by atoms with van der Waals surface area (Å²) < 4.78 is 5.61. The Morgan fingerprint density at radius 1 is 1.58 bits per heavy atom. The summed E-state index contributed by atoms with van der Waals surface area (Å²) >= 11 is 0. The van der Waals surface area contributed by atoms with Gasteiger partial charge in [0.2, 0.25) is 0 Å². The van der Waals surface area contributed by atoms with Crippen molar-refractivity contribution in [3.8, 4) is 0 Å². The SMILES string of the molecule is CC(CC1CNCCO1)N(C)C. The predicted octanol–water partition coefficient (Wildman–Crippen LogP) is 0.315. The molecule has 0 bridgehead atoms. The first-order valence-electron chi connectivity index (χ1n) is 4.69. The van der Waals surface area contributed by atoms with Gasteiger partial charge in [-0.2, -0.15) is 0 Å². The Morgan fingerprint density at radius 3 is 2.83 bits per heavy atom. The van der Waals surface area contributed by atoms with Gasteiger partial charge in [-0.25, -0.2) is 0 Å². The second-order valence-electron chi connectivity index (χ2n) is 3.75. The van der Waals surface area contributed by atoms with Gasteiger partial charge in [-0.05, 0) is 27.4 Å². The number of nitrogens with zero attached hydrogens (tertiary/aromatic N) is 1. The standard InChI is InChI=1S/C9H20N2O/c1-8(11(2)3)6-9-7-10-4-5-12-9/h8-10H,4-7H2,1-3H3. The van der Waals surface area contributed by atoms with Gasteiger partial charge < -0.3 is 15.0 Å². The maximum Gasteiger partial charge on any atom is 0.0714 e. The molecule has 1 fully saturated rings. The Kier molecular flexibility index (Phi) is 3.98. The minimum Gasteiger partial charge on any atom is -0.376 e. The molecule has 12 heavy (non-hydrogen) atoms. The molecule has 1 N–H and O–H groups in total. The van der Waals surface area contributed by atoms with E-state index < -0.39 is 0 Å². The van der Waals surface area contributed by atoms with Gasteiger partial charge in [0, 0.05) is 19.1 Å². The van der Waals surface area contributed by atoms with E-state index in [1.165, 1.54) is 0 Å². The summed E-state index contributed by atoms with van der Waals surface area (Å²) in [5.41, 5.74) is 0. The molecule has 1 rings (SSSR count). The molecular weight excluding hydrogens is 152 g/mol. The van der Waals surface area contributed by atoms with Crippen molar-refractivity contribution < 1.29 is 4.74 Å². The van der Waals surface area contributed by atoms with Crippen LogP contribution in [-0.4, -0.2) is 50.8 Å². The summed E-state index contributed by atoms with van der Waals surface area (Å²) in [6.07, 6.45) is 1.54. The second kappa shape index (κ2) is 4.80. The van der Waals surface area contributed by atoms with Gasteiger partial charge in [0.25, 0.3) is 0 Å². The van der Waals surface area contributed by atoms with E-state index in [0.717, 1.165) is 26.1 Å². The molecule has 2 atom stereocenters. The molecule has 0 saturated carbocycles. The molecule has 1 aliphatic rings. The third kappa shape index (κ3) is 3.09. The lowest BCUT2D eigenvalue weighted by Crippen LogP contribution is -2.41. The molecule has 0 aliphatic carbocycles. The van der Waals surface area contributed by atoms with Crippen LogP contribution in [0.15, 0.2) is 0 Å². The Balaban J connectivity index is 2.20. The van der Waals surface area contributed by atoms with E-state index >= 15 is 0 Å². The molecule has 0 radical (unpaired) electrons. The van der Waals surface area contributed by atoms with Gasteiger partial charge in [-0.15, -0.1) is 0 Å². The molecule has 1 heterocycles. The minimum absolute atomic E-state index is 0.413. The third-order valence-electron chi connectivity index (χ3n) is 2.49. The second-order valence-corrected chi connectivity index (χ2v) is 3.75. The Bertz CT molecular complexity index is 122. The number of rotatable bonds is 3. The smallest absolute Gasteiger partial charge is 0.0714 e. The van der Waals surface area contributed by atoms with Crippen LogP contribution in [0.3, 0.4) is 0 Å². The Hall–Kier alpha value is -0.120. The average molecular weight is 172 g/mol. The molecule has 2 unspecified atom stereocenters. The van der Waals surface area contributed by atoms with Gasteiger partial charge in [-0.1, -0.05) is 0 Å². The number of morpholine rings is 1. The average Bonchev–Trinajstić information content (AvgIpc) is 2.06. The highest BCUT2D eigenvalue weighted by Crippen LogP contribution is 2.07. The van der Waals surface area contributed by atoms with E-state index in [9.17, 15) is 0 Å². The highest BCUT2D eigenvalue weighted by atomic mass is 16.5. The van der Waals surface area contributed by atoms with Gasteiger partial charge in [0.1, 0.15) is 0 Å². The summed E-state index contributed by atoms with van der Waals surface area (Å²) in [4.78, 5) is 2.23. The highest BCUT2D eigenvalue weighted by Gasteiger charge is 2.17. The monoisotopic (exact) mass is 172 g/mol. The molecule has 3 nitrogen and oxygen atoms in total. The molecule has 72 valence electrons. The number of ether oxygens (including phenoxy) is 1. The normalized spacial score (nSPS) is 27.5. The third-order valence-corrected chi connectivity index (χ3v) is 2.49. The molecule has 0 aromatic carbocycles. The van der Waals surface area contributed by atoms with E-state index in [1.54, 1.807) is 0 Å². The molecule has 1 aliphatic heterocycles. The molecule has 1 saturated heterocycles. The molecule has 0 aromatic rings. The van der Waals surface area contributed by atoms with Crippen molar-refractivity contribution >= 4 is 0 Å². The lowest BCUT2D eigenvalue weighted by atomic mass is 10.1. The van der Waals surface area contributed by atoms with Crippen LogP contribution in [0.5, 0.6) is 0 Å². The van der Waals surface area contributed by atoms with Crippen LogP contribution < -0.4 is 5.32 Å².